The number of para-hydroxylation sites is 1. The molecule has 2 aromatic rings. The van der Waals surface area contributed by atoms with Crippen LogP contribution in [0.2, 0.25) is 5.02 Å². The highest BCUT2D eigenvalue weighted by atomic mass is 35.5. The second kappa shape index (κ2) is 9.48. The summed E-state index contributed by atoms with van der Waals surface area (Å²) in [5.41, 5.74) is 0.496. The van der Waals surface area contributed by atoms with Crippen LogP contribution in [-0.4, -0.2) is 75.3 Å². The van der Waals surface area contributed by atoms with E-state index in [9.17, 15) is 13.2 Å². The maximum atomic E-state index is 12.9. The summed E-state index contributed by atoms with van der Waals surface area (Å²) in [6.45, 7) is 5.58. The lowest BCUT2D eigenvalue weighted by Gasteiger charge is -2.35. The lowest BCUT2D eigenvalue weighted by atomic mass is 10.2. The fourth-order valence-electron chi connectivity index (χ4n) is 3.78. The molecule has 2 heterocycles. The maximum Gasteiger partial charge on any atom is 0.263 e. The van der Waals surface area contributed by atoms with Crippen molar-refractivity contribution in [3.8, 4) is 5.75 Å². The van der Waals surface area contributed by atoms with Crippen LogP contribution in [0.25, 0.3) is 0 Å². The number of aliphatic imine (C=N–C) groups is 1. The monoisotopic (exact) mass is 476 g/mol. The van der Waals surface area contributed by atoms with Gasteiger partial charge in [-0.3, -0.25) is 19.4 Å². The standard InChI is InChI=1S/C22H25ClN4O4S/c1-16(24-21-17-6-2-5-9-20(17)32(29,30)25-21)22(28)27-12-10-26(11-13-27)14-15-31-19-8-4-3-7-18(19)23/h2-9,16H,10-15H2,1H3,(H,24,25)/t16-/m0/s1. The SMILES string of the molecule is C[C@H](N=C1NS(=O)(=O)c2ccccc21)C(=O)N1CCN(CCOc2ccccc2Cl)CC1. The number of nitrogens with zero attached hydrogens (tertiary/aromatic N) is 3. The third-order valence-electron chi connectivity index (χ3n) is 5.53. The summed E-state index contributed by atoms with van der Waals surface area (Å²) in [7, 11) is -3.62. The summed E-state index contributed by atoms with van der Waals surface area (Å²) in [4.78, 5) is 21.5. The van der Waals surface area contributed by atoms with Gasteiger partial charge in [-0.05, 0) is 31.2 Å². The summed E-state index contributed by atoms with van der Waals surface area (Å²) in [5, 5.41) is 0.589. The predicted octanol–water partition coefficient (Wildman–Crippen LogP) is 1.99. The van der Waals surface area contributed by atoms with Gasteiger partial charge < -0.3 is 9.64 Å². The number of piperazine rings is 1. The van der Waals surface area contributed by atoms with Crippen molar-refractivity contribution in [1.29, 1.82) is 0 Å². The molecule has 0 unspecified atom stereocenters. The molecular formula is C22H25ClN4O4S. The Bertz CT molecular complexity index is 1130. The molecule has 2 aliphatic rings. The molecule has 2 aromatic carbocycles. The first-order valence-corrected chi connectivity index (χ1v) is 12.3. The molecule has 0 radical (unpaired) electrons. The van der Waals surface area contributed by atoms with E-state index in [1.807, 2.05) is 18.2 Å². The lowest BCUT2D eigenvalue weighted by Crippen LogP contribution is -2.51. The third kappa shape index (κ3) is 4.90. The first kappa shape index (κ1) is 22.6. The van der Waals surface area contributed by atoms with Gasteiger partial charge in [0, 0.05) is 38.3 Å². The van der Waals surface area contributed by atoms with Gasteiger partial charge in [0.05, 0.1) is 9.92 Å². The molecule has 0 saturated carbocycles. The normalized spacial score (nSPS) is 19.9. The van der Waals surface area contributed by atoms with Gasteiger partial charge in [-0.1, -0.05) is 35.9 Å². The van der Waals surface area contributed by atoms with Crippen LogP contribution in [0.3, 0.4) is 0 Å². The van der Waals surface area contributed by atoms with Gasteiger partial charge in [0.25, 0.3) is 10.0 Å². The number of hydrogen-bond donors (Lipinski definition) is 1. The molecule has 170 valence electrons. The summed E-state index contributed by atoms with van der Waals surface area (Å²) < 4.78 is 32.7. The second-order valence-electron chi connectivity index (χ2n) is 7.70. The maximum absolute atomic E-state index is 12.9. The molecule has 1 amide bonds. The molecule has 1 N–H and O–H groups in total. The van der Waals surface area contributed by atoms with Crippen molar-refractivity contribution < 1.29 is 17.9 Å². The molecular weight excluding hydrogens is 452 g/mol. The Kier molecular flexibility index (Phi) is 6.68. The van der Waals surface area contributed by atoms with Crippen LogP contribution < -0.4 is 9.46 Å². The van der Waals surface area contributed by atoms with Crippen molar-refractivity contribution in [2.24, 2.45) is 4.99 Å². The van der Waals surface area contributed by atoms with Crippen LogP contribution in [0.4, 0.5) is 0 Å². The molecule has 10 heteroatoms. The van der Waals surface area contributed by atoms with Crippen LogP contribution in [0.15, 0.2) is 58.4 Å². The minimum absolute atomic E-state index is 0.118. The molecule has 4 rings (SSSR count). The average molecular weight is 477 g/mol. The topological polar surface area (TPSA) is 91.3 Å². The number of sulfonamides is 1. The lowest BCUT2D eigenvalue weighted by molar-refractivity contribution is -0.133. The smallest absolute Gasteiger partial charge is 0.263 e. The molecule has 0 spiro atoms. The molecule has 0 aliphatic carbocycles. The molecule has 8 nitrogen and oxygen atoms in total. The highest BCUT2D eigenvalue weighted by Crippen LogP contribution is 2.24. The Morgan fingerprint density at radius 3 is 2.56 bits per heavy atom. The van der Waals surface area contributed by atoms with Gasteiger partial charge in [-0.15, -0.1) is 0 Å². The fourth-order valence-corrected chi connectivity index (χ4v) is 5.21. The fraction of sp³-hybridized carbons (Fsp3) is 0.364. The summed E-state index contributed by atoms with van der Waals surface area (Å²) in [6.07, 6.45) is 0. The Morgan fingerprint density at radius 1 is 1.12 bits per heavy atom. The van der Waals surface area contributed by atoms with E-state index in [1.165, 1.54) is 6.07 Å². The van der Waals surface area contributed by atoms with Crippen molar-refractivity contribution in [3.05, 3.63) is 59.1 Å². The Balaban J connectivity index is 1.29. The van der Waals surface area contributed by atoms with Gasteiger partial charge >= 0.3 is 0 Å². The highest BCUT2D eigenvalue weighted by Gasteiger charge is 2.32. The number of rotatable bonds is 6. The largest absolute Gasteiger partial charge is 0.491 e. The summed E-state index contributed by atoms with van der Waals surface area (Å²) in [6, 6.07) is 13.3. The van der Waals surface area contributed by atoms with Gasteiger partial charge in [0.15, 0.2) is 0 Å². The molecule has 1 atom stereocenters. The number of amides is 1. The number of carbonyl (C=O) groups is 1. The third-order valence-corrected chi connectivity index (χ3v) is 7.24. The minimum Gasteiger partial charge on any atom is -0.491 e. The van der Waals surface area contributed by atoms with Gasteiger partial charge in [0.1, 0.15) is 24.2 Å². The van der Waals surface area contributed by atoms with E-state index in [-0.39, 0.29) is 16.6 Å². The first-order valence-electron chi connectivity index (χ1n) is 10.4. The number of hydrogen-bond acceptors (Lipinski definition) is 6. The van der Waals surface area contributed by atoms with E-state index in [4.69, 9.17) is 16.3 Å². The number of halogens is 1. The zero-order valence-corrected chi connectivity index (χ0v) is 19.3. The summed E-state index contributed by atoms with van der Waals surface area (Å²) in [5.74, 6) is 0.768. The molecule has 2 aliphatic heterocycles. The number of benzene rings is 2. The van der Waals surface area contributed by atoms with Crippen LogP contribution in [0.5, 0.6) is 5.75 Å². The second-order valence-corrected chi connectivity index (χ2v) is 9.76. The Hall–Kier alpha value is -2.62. The molecule has 32 heavy (non-hydrogen) atoms. The van der Waals surface area contributed by atoms with Crippen molar-refractivity contribution in [1.82, 2.24) is 14.5 Å². The predicted molar refractivity (Wildman–Crippen MR) is 123 cm³/mol. The van der Waals surface area contributed by atoms with E-state index in [0.717, 1.165) is 19.6 Å². The van der Waals surface area contributed by atoms with E-state index < -0.39 is 16.1 Å². The molecule has 1 saturated heterocycles. The number of fused-ring (bicyclic) bond motifs is 1. The molecule has 0 bridgehead atoms. The van der Waals surface area contributed by atoms with Crippen LogP contribution in [-0.2, 0) is 14.8 Å². The van der Waals surface area contributed by atoms with Crippen molar-refractivity contribution in [2.75, 3.05) is 39.3 Å². The van der Waals surface area contributed by atoms with Crippen LogP contribution in [0.1, 0.15) is 12.5 Å². The van der Waals surface area contributed by atoms with Crippen LogP contribution in [0, 0.1) is 0 Å². The number of ether oxygens (including phenoxy) is 1. The van der Waals surface area contributed by atoms with Crippen molar-refractivity contribution >= 4 is 33.4 Å². The highest BCUT2D eigenvalue weighted by molar-refractivity contribution is 7.90. The zero-order chi connectivity index (χ0) is 22.7. The number of nitrogens with one attached hydrogen (secondary N) is 1. The summed E-state index contributed by atoms with van der Waals surface area (Å²) >= 11 is 6.10. The van der Waals surface area contributed by atoms with Crippen LogP contribution >= 0.6 is 11.6 Å². The average Bonchev–Trinajstić information content (AvgIpc) is 3.05. The van der Waals surface area contributed by atoms with Gasteiger partial charge in [0.2, 0.25) is 5.91 Å². The molecule has 0 aromatic heterocycles. The Morgan fingerprint density at radius 2 is 1.81 bits per heavy atom. The molecule has 1 fully saturated rings. The van der Waals surface area contributed by atoms with E-state index in [2.05, 4.69) is 14.6 Å². The number of amidine groups is 1. The van der Waals surface area contributed by atoms with Crippen molar-refractivity contribution in [3.63, 3.8) is 0 Å². The first-order chi connectivity index (χ1) is 15.3. The van der Waals surface area contributed by atoms with E-state index in [1.54, 1.807) is 36.1 Å². The van der Waals surface area contributed by atoms with E-state index in [0.29, 0.717) is 36.0 Å². The minimum atomic E-state index is -3.62. The van der Waals surface area contributed by atoms with Crippen molar-refractivity contribution in [2.45, 2.75) is 17.9 Å². The zero-order valence-electron chi connectivity index (χ0n) is 17.7. The van der Waals surface area contributed by atoms with Gasteiger partial charge in [-0.25, -0.2) is 8.42 Å². The quantitative estimate of drug-likeness (QED) is 0.688. The Labute approximate surface area is 192 Å². The number of carbonyl (C=O) groups excluding carboxylic acids is 1. The van der Waals surface area contributed by atoms with Gasteiger partial charge in [-0.2, -0.15) is 0 Å². The van der Waals surface area contributed by atoms with E-state index >= 15 is 0 Å².